The van der Waals surface area contributed by atoms with Crippen LogP contribution in [0.1, 0.15) is 11.1 Å². The predicted molar refractivity (Wildman–Crippen MR) is 86.0 cm³/mol. The van der Waals surface area contributed by atoms with Crippen LogP contribution >= 0.6 is 0 Å². The first-order valence-corrected chi connectivity index (χ1v) is 6.85. The number of nitrogens with two attached hydrogens (primary N) is 2. The molecule has 1 atom stereocenters. The molecule has 21 heavy (non-hydrogen) atoms. The van der Waals surface area contributed by atoms with E-state index in [1.807, 2.05) is 73.5 Å². The molecule has 1 unspecified atom stereocenters. The summed E-state index contributed by atoms with van der Waals surface area (Å²) in [6.45, 7) is 2.34. The third-order valence-electron chi connectivity index (χ3n) is 3.66. The van der Waals surface area contributed by atoms with Crippen molar-refractivity contribution in [3.8, 4) is 0 Å². The number of rotatable bonds is 5. The Morgan fingerprint density at radius 1 is 1.14 bits per heavy atom. The van der Waals surface area contributed by atoms with E-state index in [1.165, 1.54) is 0 Å². The van der Waals surface area contributed by atoms with Gasteiger partial charge in [0.25, 0.3) is 0 Å². The lowest BCUT2D eigenvalue weighted by molar-refractivity contribution is -0.123. The van der Waals surface area contributed by atoms with Crippen molar-refractivity contribution in [2.24, 2.45) is 11.5 Å². The molecule has 2 rings (SSSR count). The first-order valence-electron chi connectivity index (χ1n) is 6.85. The third-order valence-corrected chi connectivity index (χ3v) is 3.66. The van der Waals surface area contributed by atoms with Crippen molar-refractivity contribution in [2.75, 3.05) is 18.5 Å². The highest BCUT2D eigenvalue weighted by atomic mass is 16.1. The Labute approximate surface area is 125 Å². The molecule has 0 aromatic heterocycles. The Morgan fingerprint density at radius 2 is 1.81 bits per heavy atom. The number of hydrogen-bond acceptors (Lipinski definition) is 3. The van der Waals surface area contributed by atoms with Crippen molar-refractivity contribution >= 4 is 11.6 Å². The van der Waals surface area contributed by atoms with Crippen LogP contribution in [0, 0.1) is 6.92 Å². The van der Waals surface area contributed by atoms with Gasteiger partial charge in [-0.05, 0) is 30.2 Å². The van der Waals surface area contributed by atoms with Crippen LogP contribution in [0.4, 0.5) is 5.69 Å². The Morgan fingerprint density at radius 3 is 2.38 bits per heavy atom. The van der Waals surface area contributed by atoms with E-state index in [0.717, 1.165) is 16.8 Å². The van der Waals surface area contributed by atoms with Crippen molar-refractivity contribution in [1.82, 2.24) is 0 Å². The molecule has 0 aliphatic rings. The molecule has 2 aromatic rings. The fourth-order valence-corrected chi connectivity index (χ4v) is 2.38. The largest absolute Gasteiger partial charge is 0.372 e. The van der Waals surface area contributed by atoms with Gasteiger partial charge in [0, 0.05) is 19.3 Å². The lowest BCUT2D eigenvalue weighted by atomic mass is 9.89. The maximum Gasteiger partial charge on any atom is 0.243 e. The standard InChI is InChI=1S/C17H21N3O/c1-13-7-6-10-15(11-13)20(2)12-17(19,16(18)21)14-8-4-3-5-9-14/h3-11H,12,19H2,1-2H3,(H2,18,21). The van der Waals surface area contributed by atoms with Gasteiger partial charge in [0.2, 0.25) is 5.91 Å². The average molecular weight is 283 g/mol. The highest BCUT2D eigenvalue weighted by Crippen LogP contribution is 2.22. The number of amides is 1. The summed E-state index contributed by atoms with van der Waals surface area (Å²) in [5, 5.41) is 0. The third kappa shape index (κ3) is 3.23. The van der Waals surface area contributed by atoms with Crippen LogP contribution in [0.5, 0.6) is 0 Å². The molecule has 0 aliphatic carbocycles. The zero-order chi connectivity index (χ0) is 15.5. The number of primary amides is 1. The lowest BCUT2D eigenvalue weighted by Crippen LogP contribution is -2.55. The van der Waals surface area contributed by atoms with Crippen LogP contribution in [0.15, 0.2) is 54.6 Å². The zero-order valence-electron chi connectivity index (χ0n) is 12.4. The summed E-state index contributed by atoms with van der Waals surface area (Å²) in [6, 6.07) is 17.3. The zero-order valence-corrected chi connectivity index (χ0v) is 12.4. The minimum Gasteiger partial charge on any atom is -0.372 e. The molecule has 110 valence electrons. The quantitative estimate of drug-likeness (QED) is 0.878. The fraction of sp³-hybridized carbons (Fsp3) is 0.235. The number of aryl methyl sites for hydroxylation is 1. The van der Waals surface area contributed by atoms with Crippen LogP contribution in [0.3, 0.4) is 0 Å². The number of carbonyl (C=O) groups is 1. The molecule has 0 fully saturated rings. The van der Waals surface area contributed by atoms with Gasteiger partial charge in [-0.1, -0.05) is 42.5 Å². The van der Waals surface area contributed by atoms with Crippen molar-refractivity contribution in [1.29, 1.82) is 0 Å². The van der Waals surface area contributed by atoms with E-state index in [0.29, 0.717) is 6.54 Å². The molecular weight excluding hydrogens is 262 g/mol. The summed E-state index contributed by atoms with van der Waals surface area (Å²) in [6.07, 6.45) is 0. The summed E-state index contributed by atoms with van der Waals surface area (Å²) >= 11 is 0. The van der Waals surface area contributed by atoms with E-state index >= 15 is 0 Å². The number of likely N-dealkylation sites (N-methyl/N-ethyl adjacent to an activating group) is 1. The average Bonchev–Trinajstić information content (AvgIpc) is 2.47. The lowest BCUT2D eigenvalue weighted by Gasteiger charge is -2.32. The summed E-state index contributed by atoms with van der Waals surface area (Å²) in [5.41, 5.74) is 13.5. The minimum atomic E-state index is -1.22. The van der Waals surface area contributed by atoms with Crippen LogP contribution in [0.25, 0.3) is 0 Å². The van der Waals surface area contributed by atoms with Gasteiger partial charge >= 0.3 is 0 Å². The number of anilines is 1. The maximum atomic E-state index is 11.9. The molecule has 0 heterocycles. The minimum absolute atomic E-state index is 0.315. The molecule has 0 spiro atoms. The van der Waals surface area contributed by atoms with Gasteiger partial charge in [-0.25, -0.2) is 0 Å². The number of nitrogens with zero attached hydrogens (tertiary/aromatic N) is 1. The molecule has 0 saturated heterocycles. The molecule has 0 aliphatic heterocycles. The highest BCUT2D eigenvalue weighted by molar-refractivity contribution is 5.86. The van der Waals surface area contributed by atoms with E-state index in [1.54, 1.807) is 0 Å². The second kappa shape index (κ2) is 5.97. The summed E-state index contributed by atoms with van der Waals surface area (Å²) < 4.78 is 0. The van der Waals surface area contributed by atoms with Gasteiger partial charge in [0.05, 0.1) is 0 Å². The topological polar surface area (TPSA) is 72.3 Å². The first-order chi connectivity index (χ1) is 9.93. The molecule has 2 aromatic carbocycles. The van der Waals surface area contributed by atoms with Crippen LogP contribution in [-0.4, -0.2) is 19.5 Å². The predicted octanol–water partition coefficient (Wildman–Crippen LogP) is 1.77. The second-order valence-electron chi connectivity index (χ2n) is 5.40. The van der Waals surface area contributed by atoms with Crippen molar-refractivity contribution in [3.05, 3.63) is 65.7 Å². The van der Waals surface area contributed by atoms with Gasteiger partial charge in [-0.15, -0.1) is 0 Å². The molecule has 0 bridgehead atoms. The Bertz CT molecular complexity index is 627. The van der Waals surface area contributed by atoms with Crippen molar-refractivity contribution in [2.45, 2.75) is 12.5 Å². The van der Waals surface area contributed by atoms with Crippen molar-refractivity contribution < 1.29 is 4.79 Å². The summed E-state index contributed by atoms with van der Waals surface area (Å²) in [7, 11) is 1.91. The molecule has 4 N–H and O–H groups in total. The number of benzene rings is 2. The number of hydrogen-bond donors (Lipinski definition) is 2. The van der Waals surface area contributed by atoms with Crippen LogP contribution < -0.4 is 16.4 Å². The highest BCUT2D eigenvalue weighted by Gasteiger charge is 2.35. The number of carbonyl (C=O) groups excluding carboxylic acids is 1. The molecule has 4 nitrogen and oxygen atoms in total. The fourth-order valence-electron chi connectivity index (χ4n) is 2.38. The van der Waals surface area contributed by atoms with Crippen LogP contribution in [-0.2, 0) is 10.3 Å². The SMILES string of the molecule is Cc1cccc(N(C)CC(N)(C(N)=O)c2ccccc2)c1. The second-order valence-corrected chi connectivity index (χ2v) is 5.40. The van der Waals surface area contributed by atoms with E-state index in [2.05, 4.69) is 0 Å². The normalized spacial score (nSPS) is 13.5. The molecule has 0 saturated carbocycles. The summed E-state index contributed by atoms with van der Waals surface area (Å²) in [5.74, 6) is -0.534. The monoisotopic (exact) mass is 283 g/mol. The van der Waals surface area contributed by atoms with Gasteiger partial charge < -0.3 is 16.4 Å². The Balaban J connectivity index is 2.31. The summed E-state index contributed by atoms with van der Waals surface area (Å²) in [4.78, 5) is 13.9. The van der Waals surface area contributed by atoms with E-state index in [4.69, 9.17) is 11.5 Å². The smallest absolute Gasteiger partial charge is 0.243 e. The van der Waals surface area contributed by atoms with Gasteiger partial charge in [-0.2, -0.15) is 0 Å². The molecule has 1 amide bonds. The maximum absolute atomic E-state index is 11.9. The van der Waals surface area contributed by atoms with Crippen LogP contribution in [0.2, 0.25) is 0 Å². The Kier molecular flexibility index (Phi) is 4.29. The van der Waals surface area contributed by atoms with Gasteiger partial charge in [-0.3, -0.25) is 4.79 Å². The van der Waals surface area contributed by atoms with E-state index in [9.17, 15) is 4.79 Å². The molecule has 4 heteroatoms. The first kappa shape index (κ1) is 15.1. The Hall–Kier alpha value is -2.33. The van der Waals surface area contributed by atoms with E-state index < -0.39 is 11.4 Å². The van der Waals surface area contributed by atoms with E-state index in [-0.39, 0.29) is 0 Å². The van der Waals surface area contributed by atoms with Gasteiger partial charge in [0.15, 0.2) is 0 Å². The van der Waals surface area contributed by atoms with Crippen molar-refractivity contribution in [3.63, 3.8) is 0 Å². The molecular formula is C17H21N3O. The molecule has 0 radical (unpaired) electrons. The van der Waals surface area contributed by atoms with Gasteiger partial charge in [0.1, 0.15) is 5.54 Å².